The molecule has 0 spiro atoms. The van der Waals surface area contributed by atoms with Crippen molar-refractivity contribution in [3.8, 4) is 0 Å². The third kappa shape index (κ3) is 3.43. The van der Waals surface area contributed by atoms with Gasteiger partial charge in [0.2, 0.25) is 5.91 Å². The fraction of sp³-hybridized carbons (Fsp3) is 0.909. The Morgan fingerprint density at radius 2 is 2.25 bits per heavy atom. The minimum atomic E-state index is 0.0600. The van der Waals surface area contributed by atoms with Crippen LogP contribution in [-0.2, 0) is 9.53 Å². The molecule has 1 aliphatic rings. The van der Waals surface area contributed by atoms with Crippen molar-refractivity contribution in [1.82, 2.24) is 9.80 Å². The average Bonchev–Trinajstić information content (AvgIpc) is 2.35. The molecule has 1 aliphatic heterocycles. The highest BCUT2D eigenvalue weighted by Gasteiger charge is 2.27. The van der Waals surface area contributed by atoms with Crippen molar-refractivity contribution in [1.29, 1.82) is 0 Å². The molecule has 1 heterocycles. The van der Waals surface area contributed by atoms with Crippen molar-refractivity contribution in [2.75, 3.05) is 46.4 Å². The van der Waals surface area contributed by atoms with Gasteiger partial charge in [-0.25, -0.2) is 0 Å². The third-order valence-electron chi connectivity index (χ3n) is 3.19. The molecule has 1 amide bonds. The van der Waals surface area contributed by atoms with Crippen LogP contribution in [0.5, 0.6) is 0 Å². The summed E-state index contributed by atoms with van der Waals surface area (Å²) in [5, 5.41) is 0. The summed E-state index contributed by atoms with van der Waals surface area (Å²) in [4.78, 5) is 15.8. The second kappa shape index (κ2) is 6.83. The minimum absolute atomic E-state index is 0.0600. The zero-order chi connectivity index (χ0) is 12.0. The summed E-state index contributed by atoms with van der Waals surface area (Å²) >= 11 is 0. The van der Waals surface area contributed by atoms with Gasteiger partial charge in [-0.1, -0.05) is 6.92 Å². The highest BCUT2D eigenvalue weighted by Crippen LogP contribution is 2.12. The monoisotopic (exact) mass is 229 g/mol. The largest absolute Gasteiger partial charge is 0.383 e. The van der Waals surface area contributed by atoms with E-state index in [4.69, 9.17) is 10.5 Å². The highest BCUT2D eigenvalue weighted by molar-refractivity contribution is 5.78. The van der Waals surface area contributed by atoms with Crippen LogP contribution in [0.4, 0.5) is 0 Å². The minimum Gasteiger partial charge on any atom is -0.383 e. The molecular formula is C11H23N3O2. The van der Waals surface area contributed by atoms with Crippen molar-refractivity contribution in [3.05, 3.63) is 0 Å². The van der Waals surface area contributed by atoms with E-state index in [-0.39, 0.29) is 12.5 Å². The fourth-order valence-electron chi connectivity index (χ4n) is 2.14. The molecule has 1 atom stereocenters. The smallest absolute Gasteiger partial charge is 0.236 e. The number of nitrogens with two attached hydrogens (primary N) is 1. The Labute approximate surface area is 97.5 Å². The summed E-state index contributed by atoms with van der Waals surface area (Å²) in [6.45, 7) is 6.48. The van der Waals surface area contributed by atoms with Gasteiger partial charge in [-0.3, -0.25) is 9.69 Å². The Kier molecular flexibility index (Phi) is 5.73. The Balaban J connectivity index is 2.46. The van der Waals surface area contributed by atoms with Gasteiger partial charge in [0.25, 0.3) is 0 Å². The van der Waals surface area contributed by atoms with Crippen LogP contribution in [-0.4, -0.2) is 68.2 Å². The van der Waals surface area contributed by atoms with E-state index in [0.29, 0.717) is 6.04 Å². The van der Waals surface area contributed by atoms with Crippen molar-refractivity contribution in [2.45, 2.75) is 19.4 Å². The maximum absolute atomic E-state index is 11.5. The van der Waals surface area contributed by atoms with Crippen molar-refractivity contribution >= 4 is 5.91 Å². The number of ether oxygens (including phenoxy) is 1. The lowest BCUT2D eigenvalue weighted by molar-refractivity contribution is -0.132. The zero-order valence-electron chi connectivity index (χ0n) is 10.3. The topological polar surface area (TPSA) is 58.8 Å². The van der Waals surface area contributed by atoms with Crippen LogP contribution in [0.25, 0.3) is 0 Å². The molecular weight excluding hydrogens is 206 g/mol. The van der Waals surface area contributed by atoms with Gasteiger partial charge in [0, 0.05) is 39.3 Å². The van der Waals surface area contributed by atoms with E-state index in [2.05, 4.69) is 11.8 Å². The normalized spacial score (nSPS) is 22.4. The fourth-order valence-corrected chi connectivity index (χ4v) is 2.14. The standard InChI is InChI=1S/C11H23N3O2/c1-3-10-9-14(11(15)8-12)5-4-13(10)6-7-16-2/h10H,3-9,12H2,1-2H3. The lowest BCUT2D eigenvalue weighted by Crippen LogP contribution is -2.56. The van der Waals surface area contributed by atoms with Crippen LogP contribution in [0.3, 0.4) is 0 Å². The number of hydrogen-bond acceptors (Lipinski definition) is 4. The highest BCUT2D eigenvalue weighted by atomic mass is 16.5. The van der Waals surface area contributed by atoms with E-state index in [0.717, 1.165) is 39.2 Å². The Bertz CT molecular complexity index is 223. The first-order chi connectivity index (χ1) is 7.72. The quantitative estimate of drug-likeness (QED) is 0.691. The lowest BCUT2D eigenvalue weighted by Gasteiger charge is -2.41. The number of amides is 1. The molecule has 0 aromatic heterocycles. The molecule has 0 saturated carbocycles. The number of methoxy groups -OCH3 is 1. The first-order valence-corrected chi connectivity index (χ1v) is 5.93. The van der Waals surface area contributed by atoms with Gasteiger partial charge in [0.1, 0.15) is 0 Å². The van der Waals surface area contributed by atoms with E-state index < -0.39 is 0 Å². The maximum atomic E-state index is 11.5. The predicted octanol–water partition coefficient (Wildman–Crippen LogP) is -0.486. The second-order valence-electron chi connectivity index (χ2n) is 4.13. The van der Waals surface area contributed by atoms with Crippen molar-refractivity contribution in [3.63, 3.8) is 0 Å². The predicted molar refractivity (Wildman–Crippen MR) is 63.2 cm³/mol. The molecule has 0 radical (unpaired) electrons. The van der Waals surface area contributed by atoms with E-state index in [1.54, 1.807) is 7.11 Å². The number of rotatable bonds is 5. The van der Waals surface area contributed by atoms with Crippen LogP contribution in [0, 0.1) is 0 Å². The Morgan fingerprint density at radius 1 is 1.50 bits per heavy atom. The number of carbonyl (C=O) groups is 1. The molecule has 5 heteroatoms. The third-order valence-corrected chi connectivity index (χ3v) is 3.19. The molecule has 0 aromatic carbocycles. The van der Waals surface area contributed by atoms with Crippen molar-refractivity contribution < 1.29 is 9.53 Å². The molecule has 1 saturated heterocycles. The molecule has 5 nitrogen and oxygen atoms in total. The van der Waals surface area contributed by atoms with Gasteiger partial charge >= 0.3 is 0 Å². The molecule has 1 unspecified atom stereocenters. The lowest BCUT2D eigenvalue weighted by atomic mass is 10.1. The molecule has 0 aliphatic carbocycles. The van der Waals surface area contributed by atoms with Crippen LogP contribution >= 0.6 is 0 Å². The molecule has 1 rings (SSSR count). The van der Waals surface area contributed by atoms with Crippen molar-refractivity contribution in [2.24, 2.45) is 5.73 Å². The number of piperazine rings is 1. The summed E-state index contributed by atoms with van der Waals surface area (Å²) in [5.74, 6) is 0.0600. The van der Waals surface area contributed by atoms with Crippen LogP contribution in [0.1, 0.15) is 13.3 Å². The Hall–Kier alpha value is -0.650. The van der Waals surface area contributed by atoms with Gasteiger partial charge in [-0.05, 0) is 6.42 Å². The molecule has 16 heavy (non-hydrogen) atoms. The average molecular weight is 229 g/mol. The SMILES string of the molecule is CCC1CN(C(=O)CN)CCN1CCOC. The van der Waals surface area contributed by atoms with Crippen LogP contribution in [0.15, 0.2) is 0 Å². The first kappa shape index (κ1) is 13.4. The number of hydrogen-bond donors (Lipinski definition) is 1. The number of nitrogens with zero attached hydrogens (tertiary/aromatic N) is 2. The van der Waals surface area contributed by atoms with Crippen LogP contribution < -0.4 is 5.73 Å². The van der Waals surface area contributed by atoms with E-state index >= 15 is 0 Å². The number of carbonyl (C=O) groups excluding carboxylic acids is 1. The van der Waals surface area contributed by atoms with Crippen LogP contribution in [0.2, 0.25) is 0 Å². The summed E-state index contributed by atoms with van der Waals surface area (Å²) in [5.41, 5.74) is 5.38. The maximum Gasteiger partial charge on any atom is 0.236 e. The summed E-state index contributed by atoms with van der Waals surface area (Å²) in [7, 11) is 1.72. The van der Waals surface area contributed by atoms with Gasteiger partial charge in [0.15, 0.2) is 0 Å². The van der Waals surface area contributed by atoms with E-state index in [1.807, 2.05) is 4.90 Å². The molecule has 0 aromatic rings. The molecule has 2 N–H and O–H groups in total. The molecule has 1 fully saturated rings. The molecule has 0 bridgehead atoms. The van der Waals surface area contributed by atoms with Gasteiger partial charge in [-0.15, -0.1) is 0 Å². The summed E-state index contributed by atoms with van der Waals surface area (Å²) in [6, 6.07) is 0.444. The van der Waals surface area contributed by atoms with E-state index in [1.165, 1.54) is 0 Å². The molecule has 94 valence electrons. The second-order valence-corrected chi connectivity index (χ2v) is 4.13. The summed E-state index contributed by atoms with van der Waals surface area (Å²) < 4.78 is 5.09. The van der Waals surface area contributed by atoms with E-state index in [9.17, 15) is 4.79 Å². The Morgan fingerprint density at radius 3 is 2.81 bits per heavy atom. The summed E-state index contributed by atoms with van der Waals surface area (Å²) in [6.07, 6.45) is 1.05. The van der Waals surface area contributed by atoms with Gasteiger partial charge in [-0.2, -0.15) is 0 Å². The zero-order valence-corrected chi connectivity index (χ0v) is 10.3. The van der Waals surface area contributed by atoms with Gasteiger partial charge in [0.05, 0.1) is 13.2 Å². The van der Waals surface area contributed by atoms with Gasteiger partial charge < -0.3 is 15.4 Å². The first-order valence-electron chi connectivity index (χ1n) is 5.93.